The van der Waals surface area contributed by atoms with Gasteiger partial charge >= 0.3 is 0 Å². The molecular formula is C7H4Br2F2O. The zero-order chi connectivity index (χ0) is 9.30. The first-order valence-electron chi connectivity index (χ1n) is 2.95. The van der Waals surface area contributed by atoms with Crippen molar-refractivity contribution in [1.29, 1.82) is 0 Å². The van der Waals surface area contributed by atoms with E-state index in [-0.39, 0.29) is 10.2 Å². The summed E-state index contributed by atoms with van der Waals surface area (Å²) in [5.41, 5.74) is 0. The lowest BCUT2D eigenvalue weighted by atomic mass is 10.3. The van der Waals surface area contributed by atoms with Gasteiger partial charge in [0.05, 0.1) is 16.1 Å². The molecule has 0 atom stereocenters. The van der Waals surface area contributed by atoms with Gasteiger partial charge in [0.15, 0.2) is 11.6 Å². The summed E-state index contributed by atoms with van der Waals surface area (Å²) in [5.74, 6) is -1.63. The summed E-state index contributed by atoms with van der Waals surface area (Å²) in [4.78, 5) is 0. The molecule has 1 aromatic rings. The Balaban J connectivity index is 3.40. The first-order chi connectivity index (χ1) is 5.57. The Labute approximate surface area is 85.0 Å². The molecule has 0 unspecified atom stereocenters. The van der Waals surface area contributed by atoms with E-state index in [1.54, 1.807) is 0 Å². The van der Waals surface area contributed by atoms with Crippen LogP contribution in [0.3, 0.4) is 0 Å². The molecule has 0 aliphatic carbocycles. The second-order valence-electron chi connectivity index (χ2n) is 2.00. The van der Waals surface area contributed by atoms with Gasteiger partial charge in [0.25, 0.3) is 0 Å². The Morgan fingerprint density at radius 2 is 1.92 bits per heavy atom. The predicted molar refractivity (Wildman–Crippen MR) is 48.3 cm³/mol. The minimum Gasteiger partial charge on any atom is -0.494 e. The van der Waals surface area contributed by atoms with E-state index in [4.69, 9.17) is 4.74 Å². The Morgan fingerprint density at radius 3 is 2.42 bits per heavy atom. The summed E-state index contributed by atoms with van der Waals surface area (Å²) >= 11 is 5.90. The van der Waals surface area contributed by atoms with Crippen LogP contribution in [0.25, 0.3) is 0 Å². The zero-order valence-corrected chi connectivity index (χ0v) is 9.17. The van der Waals surface area contributed by atoms with Crippen molar-refractivity contribution in [2.24, 2.45) is 0 Å². The fraction of sp³-hybridized carbons (Fsp3) is 0.143. The van der Waals surface area contributed by atoms with Crippen molar-refractivity contribution in [3.05, 3.63) is 26.6 Å². The molecule has 0 radical (unpaired) electrons. The molecule has 12 heavy (non-hydrogen) atoms. The van der Waals surface area contributed by atoms with Crippen LogP contribution < -0.4 is 4.74 Å². The van der Waals surface area contributed by atoms with Gasteiger partial charge in [0.2, 0.25) is 0 Å². The predicted octanol–water partition coefficient (Wildman–Crippen LogP) is 3.50. The Morgan fingerprint density at radius 1 is 1.33 bits per heavy atom. The molecule has 0 saturated heterocycles. The van der Waals surface area contributed by atoms with Gasteiger partial charge in [-0.05, 0) is 37.9 Å². The molecule has 0 amide bonds. The van der Waals surface area contributed by atoms with E-state index >= 15 is 0 Å². The molecule has 0 fully saturated rings. The first-order valence-corrected chi connectivity index (χ1v) is 4.53. The summed E-state index contributed by atoms with van der Waals surface area (Å²) in [5, 5.41) is 0. The molecular weight excluding hydrogens is 298 g/mol. The molecule has 66 valence electrons. The van der Waals surface area contributed by atoms with Crippen LogP contribution >= 0.6 is 31.9 Å². The van der Waals surface area contributed by atoms with Crippen molar-refractivity contribution in [2.45, 2.75) is 0 Å². The maximum Gasteiger partial charge on any atom is 0.176 e. The molecule has 5 heteroatoms. The quantitative estimate of drug-likeness (QED) is 0.570. The van der Waals surface area contributed by atoms with E-state index in [9.17, 15) is 8.78 Å². The van der Waals surface area contributed by atoms with E-state index in [2.05, 4.69) is 31.9 Å². The topological polar surface area (TPSA) is 9.23 Å². The third kappa shape index (κ3) is 1.61. The standard InChI is InChI=1S/C7H4Br2F2O/c1-12-7-3(8)2-4(10)6(11)5(7)9/h2H,1H3. The lowest BCUT2D eigenvalue weighted by Gasteiger charge is -2.06. The van der Waals surface area contributed by atoms with Crippen LogP contribution in [0, 0.1) is 11.6 Å². The van der Waals surface area contributed by atoms with E-state index in [1.807, 2.05) is 0 Å². The minimum absolute atomic E-state index is 0.0168. The van der Waals surface area contributed by atoms with Crippen LogP contribution in [0.5, 0.6) is 5.75 Å². The van der Waals surface area contributed by atoms with E-state index in [0.29, 0.717) is 4.47 Å². The summed E-state index contributed by atoms with van der Waals surface area (Å²) in [6.45, 7) is 0. The highest BCUT2D eigenvalue weighted by Gasteiger charge is 2.15. The van der Waals surface area contributed by atoms with Crippen molar-refractivity contribution >= 4 is 31.9 Å². The molecule has 0 aliphatic rings. The molecule has 1 nitrogen and oxygen atoms in total. The summed E-state index contributed by atoms with van der Waals surface area (Å²) < 4.78 is 30.7. The van der Waals surface area contributed by atoms with Crippen LogP contribution in [-0.4, -0.2) is 7.11 Å². The summed E-state index contributed by atoms with van der Waals surface area (Å²) in [7, 11) is 1.38. The number of hydrogen-bond acceptors (Lipinski definition) is 1. The molecule has 0 heterocycles. The van der Waals surface area contributed by atoms with Gasteiger partial charge in [-0.2, -0.15) is 0 Å². The fourth-order valence-corrected chi connectivity index (χ4v) is 2.13. The van der Waals surface area contributed by atoms with E-state index in [1.165, 1.54) is 7.11 Å². The van der Waals surface area contributed by atoms with Gasteiger partial charge in [-0.25, -0.2) is 8.78 Å². The average molecular weight is 302 g/mol. The van der Waals surface area contributed by atoms with Crippen molar-refractivity contribution < 1.29 is 13.5 Å². The third-order valence-electron chi connectivity index (χ3n) is 1.28. The molecule has 1 rings (SSSR count). The first kappa shape index (κ1) is 9.92. The second kappa shape index (κ2) is 3.70. The van der Waals surface area contributed by atoms with Crippen LogP contribution in [0.2, 0.25) is 0 Å². The number of halogens is 4. The largest absolute Gasteiger partial charge is 0.494 e. The molecule has 0 aliphatic heterocycles. The van der Waals surface area contributed by atoms with Gasteiger partial charge in [0.1, 0.15) is 5.75 Å². The molecule has 0 bridgehead atoms. The Bertz CT molecular complexity index is 315. The number of ether oxygens (including phenoxy) is 1. The van der Waals surface area contributed by atoms with E-state index in [0.717, 1.165) is 6.07 Å². The molecule has 0 saturated carbocycles. The van der Waals surface area contributed by atoms with Crippen molar-refractivity contribution in [1.82, 2.24) is 0 Å². The number of benzene rings is 1. The van der Waals surface area contributed by atoms with Gasteiger partial charge in [0, 0.05) is 0 Å². The zero-order valence-electron chi connectivity index (χ0n) is 6.00. The fourth-order valence-electron chi connectivity index (χ4n) is 0.737. The summed E-state index contributed by atoms with van der Waals surface area (Å²) in [6, 6.07) is 1.01. The van der Waals surface area contributed by atoms with E-state index < -0.39 is 11.6 Å². The summed E-state index contributed by atoms with van der Waals surface area (Å²) in [6.07, 6.45) is 0. The molecule has 0 N–H and O–H groups in total. The van der Waals surface area contributed by atoms with Crippen molar-refractivity contribution in [3.8, 4) is 5.75 Å². The lowest BCUT2D eigenvalue weighted by molar-refractivity contribution is 0.399. The van der Waals surface area contributed by atoms with Gasteiger partial charge in [-0.15, -0.1) is 0 Å². The van der Waals surface area contributed by atoms with Gasteiger partial charge in [-0.3, -0.25) is 0 Å². The highest BCUT2D eigenvalue weighted by Crippen LogP contribution is 2.36. The number of hydrogen-bond donors (Lipinski definition) is 0. The van der Waals surface area contributed by atoms with Crippen molar-refractivity contribution in [2.75, 3.05) is 7.11 Å². The smallest absolute Gasteiger partial charge is 0.176 e. The second-order valence-corrected chi connectivity index (χ2v) is 3.65. The SMILES string of the molecule is COc1c(Br)cc(F)c(F)c1Br. The maximum absolute atomic E-state index is 12.8. The number of rotatable bonds is 1. The van der Waals surface area contributed by atoms with Crippen LogP contribution in [0.15, 0.2) is 15.0 Å². The molecule has 0 aromatic heterocycles. The Kier molecular flexibility index (Phi) is 3.06. The highest BCUT2D eigenvalue weighted by atomic mass is 79.9. The molecule has 0 spiro atoms. The monoisotopic (exact) mass is 300 g/mol. The Hall–Kier alpha value is -0.160. The van der Waals surface area contributed by atoms with Gasteiger partial charge < -0.3 is 4.74 Å². The van der Waals surface area contributed by atoms with Gasteiger partial charge in [-0.1, -0.05) is 0 Å². The third-order valence-corrected chi connectivity index (χ3v) is 2.57. The van der Waals surface area contributed by atoms with Crippen LogP contribution in [-0.2, 0) is 0 Å². The normalized spacial score (nSPS) is 10.1. The van der Waals surface area contributed by atoms with Crippen LogP contribution in [0.1, 0.15) is 0 Å². The maximum atomic E-state index is 12.8. The highest BCUT2D eigenvalue weighted by molar-refractivity contribution is 9.11. The van der Waals surface area contributed by atoms with Crippen molar-refractivity contribution in [3.63, 3.8) is 0 Å². The minimum atomic E-state index is -0.949. The lowest BCUT2D eigenvalue weighted by Crippen LogP contribution is -1.92. The molecule has 1 aromatic carbocycles. The average Bonchev–Trinajstić information content (AvgIpc) is 2.01. The van der Waals surface area contributed by atoms with Crippen LogP contribution in [0.4, 0.5) is 8.78 Å². The number of methoxy groups -OCH3 is 1.